The quantitative estimate of drug-likeness (QED) is 0.844. The van der Waals surface area contributed by atoms with Crippen molar-refractivity contribution in [3.63, 3.8) is 0 Å². The normalized spacial score (nSPS) is 21.0. The highest BCUT2D eigenvalue weighted by Crippen LogP contribution is 2.28. The Hall–Kier alpha value is -2.09. The third-order valence-corrected chi connectivity index (χ3v) is 5.45. The van der Waals surface area contributed by atoms with Gasteiger partial charge in [-0.3, -0.25) is 9.48 Å². The number of aromatic nitrogens is 2. The third kappa shape index (κ3) is 2.78. The third-order valence-electron chi connectivity index (χ3n) is 3.82. The van der Waals surface area contributed by atoms with Crippen LogP contribution in [0.1, 0.15) is 28.9 Å². The molecule has 1 atom stereocenters. The summed E-state index contributed by atoms with van der Waals surface area (Å²) < 4.78 is 30.6. The van der Waals surface area contributed by atoms with Crippen molar-refractivity contribution in [1.82, 2.24) is 14.7 Å². The average molecular weight is 323 g/mol. The lowest BCUT2D eigenvalue weighted by Gasteiger charge is -2.34. The molecule has 1 aliphatic heterocycles. The summed E-state index contributed by atoms with van der Waals surface area (Å²) in [6.45, 7) is 2.81. The van der Waals surface area contributed by atoms with Crippen LogP contribution in [0.25, 0.3) is 0 Å². The maximum Gasteiger partial charge on any atom is 0.257 e. The van der Waals surface area contributed by atoms with E-state index < -0.39 is 15.9 Å². The number of hydrogen-bond donors (Lipinski definition) is 0. The van der Waals surface area contributed by atoms with Gasteiger partial charge in [0.1, 0.15) is 6.26 Å². The number of amides is 1. The molecule has 1 fully saturated rings. The van der Waals surface area contributed by atoms with Crippen LogP contribution in [0.5, 0.6) is 0 Å². The van der Waals surface area contributed by atoms with Gasteiger partial charge in [-0.15, -0.1) is 0 Å². The van der Waals surface area contributed by atoms with Gasteiger partial charge in [0.15, 0.2) is 9.84 Å². The Labute approximate surface area is 128 Å². The molecule has 22 heavy (non-hydrogen) atoms. The minimum Gasteiger partial charge on any atom is -0.472 e. The van der Waals surface area contributed by atoms with Crippen molar-refractivity contribution < 1.29 is 17.6 Å². The van der Waals surface area contributed by atoms with Gasteiger partial charge in [0, 0.05) is 24.8 Å². The van der Waals surface area contributed by atoms with Gasteiger partial charge < -0.3 is 9.32 Å². The lowest BCUT2D eigenvalue weighted by Crippen LogP contribution is -2.46. The Kier molecular flexibility index (Phi) is 3.78. The molecule has 118 valence electrons. The minimum absolute atomic E-state index is 0.0188. The molecule has 3 rings (SSSR count). The summed E-state index contributed by atoms with van der Waals surface area (Å²) in [5.41, 5.74) is 1.16. The Morgan fingerprint density at radius 3 is 2.95 bits per heavy atom. The van der Waals surface area contributed by atoms with Crippen LogP contribution in [-0.4, -0.2) is 47.1 Å². The van der Waals surface area contributed by atoms with Crippen LogP contribution in [0, 0.1) is 0 Å². The van der Waals surface area contributed by atoms with Crippen LogP contribution >= 0.6 is 0 Å². The molecule has 0 saturated carbocycles. The van der Waals surface area contributed by atoms with E-state index in [4.69, 9.17) is 4.42 Å². The Morgan fingerprint density at radius 2 is 2.32 bits per heavy atom. The Bertz CT molecular complexity index is 764. The van der Waals surface area contributed by atoms with Crippen LogP contribution < -0.4 is 0 Å². The van der Waals surface area contributed by atoms with Gasteiger partial charge in [-0.25, -0.2) is 8.42 Å². The van der Waals surface area contributed by atoms with Crippen molar-refractivity contribution in [1.29, 1.82) is 0 Å². The second-order valence-corrected chi connectivity index (χ2v) is 7.50. The highest BCUT2D eigenvalue weighted by atomic mass is 32.2. The second kappa shape index (κ2) is 5.60. The van der Waals surface area contributed by atoms with Crippen LogP contribution in [0.3, 0.4) is 0 Å². The maximum absolute atomic E-state index is 12.6. The number of aryl methyl sites for hydroxylation is 1. The fourth-order valence-electron chi connectivity index (χ4n) is 2.60. The van der Waals surface area contributed by atoms with Gasteiger partial charge in [0.2, 0.25) is 0 Å². The first kappa shape index (κ1) is 14.8. The predicted molar refractivity (Wildman–Crippen MR) is 79.0 cm³/mol. The summed E-state index contributed by atoms with van der Waals surface area (Å²) in [6, 6.07) is 1.07. The number of carbonyl (C=O) groups excluding carboxylic acids is 1. The van der Waals surface area contributed by atoms with E-state index in [0.717, 1.165) is 5.56 Å². The second-order valence-electron chi connectivity index (χ2n) is 5.27. The van der Waals surface area contributed by atoms with E-state index in [1.54, 1.807) is 28.0 Å². The zero-order valence-corrected chi connectivity index (χ0v) is 13.0. The van der Waals surface area contributed by atoms with Crippen molar-refractivity contribution in [2.75, 3.05) is 18.1 Å². The molecule has 0 spiro atoms. The fourth-order valence-corrected chi connectivity index (χ4v) is 4.10. The number of rotatable bonds is 3. The van der Waals surface area contributed by atoms with E-state index in [-0.39, 0.29) is 24.0 Å². The molecular formula is C14H17N3O4S. The molecule has 0 radical (unpaired) electrons. The van der Waals surface area contributed by atoms with Gasteiger partial charge in [-0.2, -0.15) is 5.10 Å². The lowest BCUT2D eigenvalue weighted by atomic mass is 10.1. The summed E-state index contributed by atoms with van der Waals surface area (Å²) in [6.07, 6.45) is 6.22. The largest absolute Gasteiger partial charge is 0.472 e. The van der Waals surface area contributed by atoms with Crippen molar-refractivity contribution in [3.05, 3.63) is 42.1 Å². The molecule has 1 aliphatic rings. The topological polar surface area (TPSA) is 85.4 Å². The molecule has 1 amide bonds. The molecule has 2 aromatic heterocycles. The smallest absolute Gasteiger partial charge is 0.257 e. The monoisotopic (exact) mass is 323 g/mol. The van der Waals surface area contributed by atoms with Gasteiger partial charge in [0.25, 0.3) is 5.91 Å². The number of furan rings is 1. The zero-order valence-electron chi connectivity index (χ0n) is 12.2. The van der Waals surface area contributed by atoms with E-state index in [9.17, 15) is 13.2 Å². The standard InChI is InChI=1S/C14H17N3O4S/c1-2-16-8-12(7-15-16)13-10-22(19,20)6-4-17(13)14(18)11-3-5-21-9-11/h3,5,7-9,13H,2,4,6,10H2,1H3/t13-/m0/s1. The first-order valence-corrected chi connectivity index (χ1v) is 8.88. The van der Waals surface area contributed by atoms with E-state index >= 15 is 0 Å². The molecular weight excluding hydrogens is 306 g/mol. The number of sulfone groups is 1. The molecule has 0 unspecified atom stereocenters. The van der Waals surface area contributed by atoms with E-state index in [2.05, 4.69) is 5.10 Å². The number of hydrogen-bond acceptors (Lipinski definition) is 5. The Morgan fingerprint density at radius 1 is 1.50 bits per heavy atom. The summed E-state index contributed by atoms with van der Waals surface area (Å²) in [7, 11) is -3.17. The molecule has 0 aliphatic carbocycles. The highest BCUT2D eigenvalue weighted by molar-refractivity contribution is 7.91. The van der Waals surface area contributed by atoms with Gasteiger partial charge in [-0.1, -0.05) is 0 Å². The first-order valence-electron chi connectivity index (χ1n) is 7.06. The molecule has 7 nitrogen and oxygen atoms in total. The van der Waals surface area contributed by atoms with Crippen molar-refractivity contribution in [2.45, 2.75) is 19.5 Å². The van der Waals surface area contributed by atoms with Crippen molar-refractivity contribution in [3.8, 4) is 0 Å². The molecule has 1 saturated heterocycles. The fraction of sp³-hybridized carbons (Fsp3) is 0.429. The molecule has 0 N–H and O–H groups in total. The molecule has 2 aromatic rings. The van der Waals surface area contributed by atoms with E-state index in [0.29, 0.717) is 12.1 Å². The van der Waals surface area contributed by atoms with Gasteiger partial charge in [0.05, 0.1) is 35.6 Å². The summed E-state index contributed by atoms with van der Waals surface area (Å²) >= 11 is 0. The molecule has 0 bridgehead atoms. The van der Waals surface area contributed by atoms with Crippen LogP contribution in [0.15, 0.2) is 35.4 Å². The summed E-state index contributed by atoms with van der Waals surface area (Å²) in [4.78, 5) is 14.2. The van der Waals surface area contributed by atoms with E-state index in [1.807, 2.05) is 6.92 Å². The zero-order chi connectivity index (χ0) is 15.7. The van der Waals surface area contributed by atoms with Gasteiger partial charge >= 0.3 is 0 Å². The maximum atomic E-state index is 12.6. The van der Waals surface area contributed by atoms with Crippen LogP contribution in [0.4, 0.5) is 0 Å². The van der Waals surface area contributed by atoms with Gasteiger partial charge in [-0.05, 0) is 13.0 Å². The predicted octanol–water partition coefficient (Wildman–Crippen LogP) is 1.11. The molecule has 8 heteroatoms. The van der Waals surface area contributed by atoms with Crippen LogP contribution in [0.2, 0.25) is 0 Å². The Balaban J connectivity index is 1.94. The molecule has 0 aromatic carbocycles. The van der Waals surface area contributed by atoms with Crippen molar-refractivity contribution >= 4 is 15.7 Å². The number of nitrogens with zero attached hydrogens (tertiary/aromatic N) is 3. The van der Waals surface area contributed by atoms with Crippen LogP contribution in [-0.2, 0) is 16.4 Å². The summed E-state index contributed by atoms with van der Waals surface area (Å²) in [5, 5.41) is 4.18. The van der Waals surface area contributed by atoms with Crippen molar-refractivity contribution in [2.24, 2.45) is 0 Å². The first-order chi connectivity index (χ1) is 10.5. The van der Waals surface area contributed by atoms with E-state index in [1.165, 1.54) is 12.5 Å². The summed E-state index contributed by atoms with van der Waals surface area (Å²) in [5.74, 6) is -0.320. The minimum atomic E-state index is -3.17. The molecule has 3 heterocycles. The highest BCUT2D eigenvalue weighted by Gasteiger charge is 2.36. The SMILES string of the molecule is CCn1cc([C@@H]2CS(=O)(=O)CCN2C(=O)c2ccoc2)cn1. The number of carbonyl (C=O) groups is 1. The lowest BCUT2D eigenvalue weighted by molar-refractivity contribution is 0.0697. The average Bonchev–Trinajstić information content (AvgIpc) is 3.17.